The minimum atomic E-state index is -0.349. The van der Waals surface area contributed by atoms with Gasteiger partial charge in [-0.05, 0) is 48.7 Å². The number of nitrogens with one attached hydrogen (secondary N) is 2. The number of benzene rings is 2. The van der Waals surface area contributed by atoms with E-state index in [-0.39, 0.29) is 11.7 Å². The molecule has 34 heavy (non-hydrogen) atoms. The number of anilines is 1. The Kier molecular flexibility index (Phi) is 4.91. The smallest absolute Gasteiger partial charge is 0.251 e. The zero-order chi connectivity index (χ0) is 23.1. The van der Waals surface area contributed by atoms with Crippen molar-refractivity contribution in [3.8, 4) is 11.3 Å². The number of fused-ring (bicyclic) bond motifs is 3. The number of carbonyl (C=O) groups is 1. The van der Waals surface area contributed by atoms with Gasteiger partial charge in [0.1, 0.15) is 5.82 Å². The van der Waals surface area contributed by atoms with Gasteiger partial charge in [0.15, 0.2) is 11.5 Å². The van der Waals surface area contributed by atoms with Crippen LogP contribution in [0.4, 0.5) is 10.2 Å². The molecule has 1 aliphatic rings. The van der Waals surface area contributed by atoms with Crippen LogP contribution in [0, 0.1) is 5.82 Å². The Labute approximate surface area is 194 Å². The zero-order valence-electron chi connectivity index (χ0n) is 18.2. The minimum absolute atomic E-state index is 0.0641. The highest BCUT2D eigenvalue weighted by atomic mass is 19.1. The van der Waals surface area contributed by atoms with E-state index in [1.54, 1.807) is 36.8 Å². The van der Waals surface area contributed by atoms with E-state index >= 15 is 0 Å². The molecule has 2 N–H and O–H groups in total. The highest BCUT2D eigenvalue weighted by Crippen LogP contribution is 2.29. The Balaban J connectivity index is 1.42. The van der Waals surface area contributed by atoms with Gasteiger partial charge in [-0.3, -0.25) is 14.2 Å². The third-order valence-electron chi connectivity index (χ3n) is 5.92. The van der Waals surface area contributed by atoms with Crippen LogP contribution in [0.1, 0.15) is 28.8 Å². The molecule has 1 fully saturated rings. The molecule has 3 aromatic heterocycles. The minimum Gasteiger partial charge on any atom is -0.363 e. The second-order valence-electron chi connectivity index (χ2n) is 8.44. The van der Waals surface area contributed by atoms with E-state index in [0.717, 1.165) is 29.7 Å². The first kappa shape index (κ1) is 20.3. The number of amides is 1. The van der Waals surface area contributed by atoms with Crippen molar-refractivity contribution in [2.45, 2.75) is 25.4 Å². The normalized spacial score (nSPS) is 13.3. The van der Waals surface area contributed by atoms with Gasteiger partial charge >= 0.3 is 0 Å². The number of aromatic nitrogens is 4. The van der Waals surface area contributed by atoms with Gasteiger partial charge < -0.3 is 10.6 Å². The Morgan fingerprint density at radius 3 is 2.71 bits per heavy atom. The number of halogens is 1. The maximum absolute atomic E-state index is 14.2. The van der Waals surface area contributed by atoms with Gasteiger partial charge in [-0.15, -0.1) is 0 Å². The van der Waals surface area contributed by atoms with Gasteiger partial charge in [0, 0.05) is 42.2 Å². The molecule has 0 unspecified atom stereocenters. The average molecular weight is 452 g/mol. The highest BCUT2D eigenvalue weighted by molar-refractivity contribution is 5.95. The van der Waals surface area contributed by atoms with Gasteiger partial charge in [-0.2, -0.15) is 0 Å². The van der Waals surface area contributed by atoms with Crippen molar-refractivity contribution in [3.63, 3.8) is 0 Å². The molecule has 0 aliphatic heterocycles. The molecule has 0 atom stereocenters. The third-order valence-corrected chi connectivity index (χ3v) is 5.92. The fraction of sp³-hybridized carbons (Fsp3) is 0.154. The van der Waals surface area contributed by atoms with Crippen LogP contribution in [0.5, 0.6) is 0 Å². The van der Waals surface area contributed by atoms with Crippen molar-refractivity contribution >= 4 is 28.4 Å². The third kappa shape index (κ3) is 3.83. The van der Waals surface area contributed by atoms with Crippen LogP contribution < -0.4 is 10.6 Å². The standard InChI is InChI=1S/C26H21FN6O/c27-19-7-10-21-22(12-19)33-23(17-3-5-18(6-4-17)26(34)31-20-8-9-20)15-30-25(33)24(32-21)29-14-16-2-1-11-28-13-16/h1-7,10-13,15,20H,8-9,14H2,(H,29,32)(H,31,34). The van der Waals surface area contributed by atoms with Crippen LogP contribution in [0.15, 0.2) is 73.2 Å². The van der Waals surface area contributed by atoms with Crippen molar-refractivity contribution in [1.29, 1.82) is 0 Å². The van der Waals surface area contributed by atoms with Crippen molar-refractivity contribution in [2.24, 2.45) is 0 Å². The molecule has 1 saturated carbocycles. The summed E-state index contributed by atoms with van der Waals surface area (Å²) in [5.74, 6) is 0.179. The van der Waals surface area contributed by atoms with Crippen LogP contribution in [0.2, 0.25) is 0 Å². The van der Waals surface area contributed by atoms with Gasteiger partial charge in [0.25, 0.3) is 5.91 Å². The average Bonchev–Trinajstić information content (AvgIpc) is 3.57. The Morgan fingerprint density at radius 1 is 1.09 bits per heavy atom. The molecule has 168 valence electrons. The van der Waals surface area contributed by atoms with E-state index in [4.69, 9.17) is 4.98 Å². The fourth-order valence-electron chi connectivity index (χ4n) is 4.00. The molecule has 0 radical (unpaired) electrons. The molecule has 1 amide bonds. The molecule has 2 aromatic carbocycles. The molecule has 6 rings (SSSR count). The van der Waals surface area contributed by atoms with Gasteiger partial charge in [-0.25, -0.2) is 14.4 Å². The summed E-state index contributed by atoms with van der Waals surface area (Å²) in [4.78, 5) is 25.8. The summed E-state index contributed by atoms with van der Waals surface area (Å²) >= 11 is 0. The first-order valence-corrected chi connectivity index (χ1v) is 11.2. The first-order chi connectivity index (χ1) is 16.7. The molecular formula is C26H21FN6O. The number of nitrogens with zero attached hydrogens (tertiary/aromatic N) is 4. The van der Waals surface area contributed by atoms with Crippen molar-refractivity contribution < 1.29 is 9.18 Å². The van der Waals surface area contributed by atoms with Gasteiger partial charge in [0.05, 0.1) is 22.9 Å². The molecule has 8 heteroatoms. The summed E-state index contributed by atoms with van der Waals surface area (Å²) in [6.45, 7) is 0.524. The molecule has 7 nitrogen and oxygen atoms in total. The fourth-order valence-corrected chi connectivity index (χ4v) is 4.00. The maximum Gasteiger partial charge on any atom is 0.251 e. The Bertz CT molecular complexity index is 1510. The summed E-state index contributed by atoms with van der Waals surface area (Å²) in [6, 6.07) is 16.1. The number of rotatable bonds is 6. The lowest BCUT2D eigenvalue weighted by Crippen LogP contribution is -2.25. The molecular weight excluding hydrogens is 431 g/mol. The maximum atomic E-state index is 14.2. The van der Waals surface area contributed by atoms with E-state index < -0.39 is 0 Å². The quantitative estimate of drug-likeness (QED) is 0.394. The number of imidazole rings is 1. The van der Waals surface area contributed by atoms with Crippen molar-refractivity contribution in [3.05, 3.63) is 90.1 Å². The molecule has 5 aromatic rings. The van der Waals surface area contributed by atoms with E-state index in [1.165, 1.54) is 12.1 Å². The van der Waals surface area contributed by atoms with Crippen LogP contribution in [0.3, 0.4) is 0 Å². The van der Waals surface area contributed by atoms with Crippen molar-refractivity contribution in [1.82, 2.24) is 24.7 Å². The monoisotopic (exact) mass is 452 g/mol. The molecule has 0 bridgehead atoms. The van der Waals surface area contributed by atoms with Crippen LogP contribution in [-0.2, 0) is 6.54 Å². The van der Waals surface area contributed by atoms with E-state index in [2.05, 4.69) is 20.6 Å². The van der Waals surface area contributed by atoms with Crippen molar-refractivity contribution in [2.75, 3.05) is 5.32 Å². The number of carbonyl (C=O) groups excluding carboxylic acids is 1. The van der Waals surface area contributed by atoms with Crippen LogP contribution >= 0.6 is 0 Å². The van der Waals surface area contributed by atoms with E-state index in [0.29, 0.717) is 40.6 Å². The second-order valence-corrected chi connectivity index (χ2v) is 8.44. The molecule has 1 aliphatic carbocycles. The Morgan fingerprint density at radius 2 is 1.94 bits per heavy atom. The predicted octanol–water partition coefficient (Wildman–Crippen LogP) is 4.59. The lowest BCUT2D eigenvalue weighted by atomic mass is 10.1. The van der Waals surface area contributed by atoms with Crippen LogP contribution in [0.25, 0.3) is 27.9 Å². The summed E-state index contributed by atoms with van der Waals surface area (Å²) in [7, 11) is 0. The highest BCUT2D eigenvalue weighted by Gasteiger charge is 2.24. The Hall–Kier alpha value is -4.33. The summed E-state index contributed by atoms with van der Waals surface area (Å²) in [6.07, 6.45) is 7.35. The summed E-state index contributed by atoms with van der Waals surface area (Å²) in [5.41, 5.74) is 5.12. The van der Waals surface area contributed by atoms with Gasteiger partial charge in [-0.1, -0.05) is 18.2 Å². The summed E-state index contributed by atoms with van der Waals surface area (Å²) < 4.78 is 16.1. The molecule has 0 saturated heterocycles. The zero-order valence-corrected chi connectivity index (χ0v) is 18.2. The number of hydrogen-bond acceptors (Lipinski definition) is 5. The SMILES string of the molecule is O=C(NC1CC1)c1ccc(-c2cnc3c(NCc4cccnc4)nc4ccc(F)cc4n23)cc1. The summed E-state index contributed by atoms with van der Waals surface area (Å²) in [5, 5.41) is 6.34. The second kappa shape index (κ2) is 8.22. The number of pyridine rings is 1. The van der Waals surface area contributed by atoms with Crippen LogP contribution in [-0.4, -0.2) is 31.3 Å². The molecule has 3 heterocycles. The van der Waals surface area contributed by atoms with Gasteiger partial charge in [0.2, 0.25) is 0 Å². The topological polar surface area (TPSA) is 84.2 Å². The number of hydrogen-bond donors (Lipinski definition) is 2. The van der Waals surface area contributed by atoms with E-state index in [1.807, 2.05) is 28.7 Å². The predicted molar refractivity (Wildman–Crippen MR) is 128 cm³/mol. The molecule has 0 spiro atoms. The largest absolute Gasteiger partial charge is 0.363 e. The lowest BCUT2D eigenvalue weighted by Gasteiger charge is -2.12. The van der Waals surface area contributed by atoms with E-state index in [9.17, 15) is 9.18 Å². The lowest BCUT2D eigenvalue weighted by molar-refractivity contribution is 0.0951. The first-order valence-electron chi connectivity index (χ1n) is 11.2.